The molecule has 0 amide bonds. The van der Waals surface area contributed by atoms with Gasteiger partial charge < -0.3 is 9.15 Å². The minimum atomic E-state index is -3.83. The lowest BCUT2D eigenvalue weighted by Crippen LogP contribution is -2.08. The van der Waals surface area contributed by atoms with Crippen LogP contribution >= 0.6 is 15.9 Å². The third-order valence-corrected chi connectivity index (χ3v) is 5.71. The lowest BCUT2D eigenvalue weighted by atomic mass is 10.2. The molecule has 0 saturated heterocycles. The Morgan fingerprint density at radius 3 is 2.36 bits per heavy atom. The van der Waals surface area contributed by atoms with Crippen molar-refractivity contribution in [2.24, 2.45) is 0 Å². The van der Waals surface area contributed by atoms with Crippen molar-refractivity contribution in [2.45, 2.75) is 16.9 Å². The van der Waals surface area contributed by atoms with Crippen LogP contribution in [0.3, 0.4) is 0 Å². The number of ether oxygens (including phenoxy) is 1. The molecule has 25 heavy (non-hydrogen) atoms. The minimum Gasteiger partial charge on any atom is -0.437 e. The molecular weight excluding hydrogens is 408 g/mol. The van der Waals surface area contributed by atoms with Crippen LogP contribution in [0.15, 0.2) is 79.5 Å². The largest absolute Gasteiger partial charge is 0.437 e. The summed E-state index contributed by atoms with van der Waals surface area (Å²) in [5, 5.41) is -0.310. The van der Waals surface area contributed by atoms with E-state index in [9.17, 15) is 13.2 Å². The second-order valence-electron chi connectivity index (χ2n) is 5.26. The quantitative estimate of drug-likeness (QED) is 0.461. The number of aryl methyl sites for hydroxylation is 1. The number of furan rings is 1. The molecule has 0 radical (unpaired) electrons. The molecule has 0 atom stereocenters. The molecule has 0 spiro atoms. The van der Waals surface area contributed by atoms with Gasteiger partial charge >= 0.3 is 5.97 Å². The summed E-state index contributed by atoms with van der Waals surface area (Å²) in [7, 11) is -3.83. The van der Waals surface area contributed by atoms with Gasteiger partial charge in [0.05, 0.1) is 9.37 Å². The molecular formula is C18H13BrO5S. The Hall–Kier alpha value is -2.38. The van der Waals surface area contributed by atoms with Crippen LogP contribution in [-0.2, 0) is 9.84 Å². The monoisotopic (exact) mass is 420 g/mol. The van der Waals surface area contributed by atoms with E-state index in [1.54, 1.807) is 36.4 Å². The van der Waals surface area contributed by atoms with Gasteiger partial charge in [-0.25, -0.2) is 13.2 Å². The van der Waals surface area contributed by atoms with E-state index in [-0.39, 0.29) is 15.7 Å². The van der Waals surface area contributed by atoms with E-state index in [1.165, 1.54) is 24.3 Å². The van der Waals surface area contributed by atoms with Gasteiger partial charge in [-0.15, -0.1) is 0 Å². The molecule has 128 valence electrons. The van der Waals surface area contributed by atoms with Crippen LogP contribution in [0, 0.1) is 6.92 Å². The van der Waals surface area contributed by atoms with Crippen LogP contribution in [0.5, 0.6) is 5.75 Å². The van der Waals surface area contributed by atoms with Gasteiger partial charge in [0.25, 0.3) is 0 Å². The second-order valence-corrected chi connectivity index (χ2v) is 7.99. The summed E-state index contributed by atoms with van der Waals surface area (Å²) in [4.78, 5) is 12.3. The lowest BCUT2D eigenvalue weighted by Gasteiger charge is -2.04. The van der Waals surface area contributed by atoms with Crippen LogP contribution in [0.1, 0.15) is 16.1 Å². The van der Waals surface area contributed by atoms with Crippen molar-refractivity contribution in [2.75, 3.05) is 0 Å². The van der Waals surface area contributed by atoms with Gasteiger partial charge in [-0.1, -0.05) is 29.8 Å². The van der Waals surface area contributed by atoms with E-state index < -0.39 is 15.8 Å². The molecule has 1 aromatic heterocycles. The number of benzene rings is 2. The van der Waals surface area contributed by atoms with Gasteiger partial charge in [0.1, 0.15) is 5.75 Å². The molecule has 5 nitrogen and oxygen atoms in total. The average molecular weight is 421 g/mol. The van der Waals surface area contributed by atoms with E-state index >= 15 is 0 Å². The zero-order chi connectivity index (χ0) is 18.0. The number of carbonyl (C=O) groups excluding carboxylic acids is 1. The van der Waals surface area contributed by atoms with Crippen molar-refractivity contribution in [1.29, 1.82) is 0 Å². The summed E-state index contributed by atoms with van der Waals surface area (Å²) in [6.45, 7) is 1.86. The molecule has 0 unspecified atom stereocenters. The van der Waals surface area contributed by atoms with Crippen molar-refractivity contribution >= 4 is 31.7 Å². The Labute approximate surface area is 153 Å². The standard InChI is InChI=1S/C18H13BrO5S/c1-12-6-8-13(9-7-12)25(21,22)17-11-10-16(23-17)18(20)24-15-5-3-2-4-14(15)19/h2-11H,1H3. The predicted octanol–water partition coefficient (Wildman–Crippen LogP) is 4.40. The van der Waals surface area contributed by atoms with Crippen LogP contribution in [0.25, 0.3) is 0 Å². The van der Waals surface area contributed by atoms with E-state index in [0.29, 0.717) is 10.2 Å². The first-order valence-corrected chi connectivity index (χ1v) is 9.54. The SMILES string of the molecule is Cc1ccc(S(=O)(=O)c2ccc(C(=O)Oc3ccccc3Br)o2)cc1. The Bertz CT molecular complexity index is 1020. The third-order valence-electron chi connectivity index (χ3n) is 3.42. The maximum atomic E-state index is 12.5. The van der Waals surface area contributed by atoms with Gasteiger partial charge in [-0.3, -0.25) is 0 Å². The van der Waals surface area contributed by atoms with E-state index in [4.69, 9.17) is 9.15 Å². The van der Waals surface area contributed by atoms with Crippen LogP contribution in [0.2, 0.25) is 0 Å². The van der Waals surface area contributed by atoms with E-state index in [0.717, 1.165) is 5.56 Å². The number of sulfone groups is 1. The highest BCUT2D eigenvalue weighted by Crippen LogP contribution is 2.27. The highest BCUT2D eigenvalue weighted by Gasteiger charge is 2.24. The van der Waals surface area contributed by atoms with E-state index in [2.05, 4.69) is 15.9 Å². The number of hydrogen-bond donors (Lipinski definition) is 0. The topological polar surface area (TPSA) is 73.6 Å². The second kappa shape index (κ2) is 6.85. The van der Waals surface area contributed by atoms with Gasteiger partial charge in [0, 0.05) is 0 Å². The molecule has 0 N–H and O–H groups in total. The molecule has 0 aliphatic rings. The maximum Gasteiger partial charge on any atom is 0.379 e. The van der Waals surface area contributed by atoms with Crippen molar-refractivity contribution < 1.29 is 22.4 Å². The normalized spacial score (nSPS) is 11.3. The fourth-order valence-electron chi connectivity index (χ4n) is 2.09. The zero-order valence-corrected chi connectivity index (χ0v) is 15.5. The van der Waals surface area contributed by atoms with Crippen LogP contribution in [-0.4, -0.2) is 14.4 Å². The predicted molar refractivity (Wildman–Crippen MR) is 94.4 cm³/mol. The number of halogens is 1. The van der Waals surface area contributed by atoms with Gasteiger partial charge in [0.15, 0.2) is 0 Å². The van der Waals surface area contributed by atoms with Crippen LogP contribution in [0.4, 0.5) is 0 Å². The fraction of sp³-hybridized carbons (Fsp3) is 0.0556. The first-order valence-electron chi connectivity index (χ1n) is 7.26. The Morgan fingerprint density at radius 1 is 1.00 bits per heavy atom. The summed E-state index contributed by atoms with van der Waals surface area (Å²) in [6, 6.07) is 15.7. The molecule has 0 fully saturated rings. The summed E-state index contributed by atoms with van der Waals surface area (Å²) in [5.74, 6) is -0.662. The minimum absolute atomic E-state index is 0.0955. The number of hydrogen-bond acceptors (Lipinski definition) is 5. The van der Waals surface area contributed by atoms with E-state index in [1.807, 2.05) is 6.92 Å². The molecule has 3 rings (SSSR count). The molecule has 0 aliphatic heterocycles. The smallest absolute Gasteiger partial charge is 0.379 e. The van der Waals surface area contributed by atoms with Crippen molar-refractivity contribution in [3.8, 4) is 5.75 Å². The highest BCUT2D eigenvalue weighted by molar-refractivity contribution is 9.10. The first kappa shape index (κ1) is 17.4. The molecule has 2 aromatic carbocycles. The number of rotatable bonds is 4. The Kier molecular flexibility index (Phi) is 4.78. The summed E-state index contributed by atoms with van der Waals surface area (Å²) < 4.78 is 36.1. The lowest BCUT2D eigenvalue weighted by molar-refractivity contribution is 0.0694. The average Bonchev–Trinajstić information content (AvgIpc) is 3.08. The van der Waals surface area contributed by atoms with Crippen molar-refractivity contribution in [1.82, 2.24) is 0 Å². The number of para-hydroxylation sites is 1. The van der Waals surface area contributed by atoms with Crippen molar-refractivity contribution in [3.05, 3.63) is 76.5 Å². The zero-order valence-electron chi connectivity index (χ0n) is 13.1. The van der Waals surface area contributed by atoms with Gasteiger partial charge in [-0.05, 0) is 59.3 Å². The third kappa shape index (κ3) is 3.67. The molecule has 0 aliphatic carbocycles. The van der Waals surface area contributed by atoms with Crippen molar-refractivity contribution in [3.63, 3.8) is 0 Å². The molecule has 1 heterocycles. The Morgan fingerprint density at radius 2 is 1.68 bits per heavy atom. The number of esters is 1. The number of carbonyl (C=O) groups is 1. The summed E-state index contributed by atoms with van der Waals surface area (Å²) >= 11 is 3.27. The highest BCUT2D eigenvalue weighted by atomic mass is 79.9. The maximum absolute atomic E-state index is 12.5. The Balaban J connectivity index is 1.85. The molecule has 3 aromatic rings. The molecule has 7 heteroatoms. The summed E-state index contributed by atoms with van der Waals surface area (Å²) in [6.07, 6.45) is 0. The molecule has 0 bridgehead atoms. The van der Waals surface area contributed by atoms with Crippen LogP contribution < -0.4 is 4.74 Å². The first-order chi connectivity index (χ1) is 11.9. The summed E-state index contributed by atoms with van der Waals surface area (Å²) in [5.41, 5.74) is 0.941. The fourth-order valence-corrected chi connectivity index (χ4v) is 3.62. The van der Waals surface area contributed by atoms with Gasteiger partial charge in [0.2, 0.25) is 20.7 Å². The van der Waals surface area contributed by atoms with Gasteiger partial charge in [-0.2, -0.15) is 0 Å². The molecule has 0 saturated carbocycles.